The van der Waals surface area contributed by atoms with Crippen molar-refractivity contribution in [1.29, 1.82) is 0 Å². The quantitative estimate of drug-likeness (QED) is 0.742. The molecule has 0 aromatic heterocycles. The van der Waals surface area contributed by atoms with Crippen LogP contribution in [0.15, 0.2) is 0 Å². The number of hydrogen-bond donors (Lipinski definition) is 1. The third-order valence-corrected chi connectivity index (χ3v) is 3.38. The van der Waals surface area contributed by atoms with E-state index >= 15 is 0 Å². The van der Waals surface area contributed by atoms with Crippen LogP contribution in [-0.4, -0.2) is 63.5 Å². The maximum Gasteiger partial charge on any atom is 0.0826 e. The Morgan fingerprint density at radius 1 is 1.25 bits per heavy atom. The maximum absolute atomic E-state index is 5.68. The Balaban J connectivity index is 1.57. The van der Waals surface area contributed by atoms with Crippen molar-refractivity contribution in [3.63, 3.8) is 0 Å². The van der Waals surface area contributed by atoms with Crippen LogP contribution in [0.3, 0.4) is 0 Å². The summed E-state index contributed by atoms with van der Waals surface area (Å²) in [6.45, 7) is 5.94. The van der Waals surface area contributed by atoms with Gasteiger partial charge in [0.25, 0.3) is 0 Å². The van der Waals surface area contributed by atoms with Gasteiger partial charge in [0.2, 0.25) is 0 Å². The molecule has 0 aromatic carbocycles. The highest BCUT2D eigenvalue weighted by atomic mass is 16.5. The molecule has 0 aromatic rings. The standard InChI is InChI=1S/C12H24N2O2/c1-14(6-4-11-3-2-7-15-11)10-12-9-13-5-8-16-12/h11-13H,2-10H2,1H3. The van der Waals surface area contributed by atoms with Crippen LogP contribution in [0.2, 0.25) is 0 Å². The molecule has 1 N–H and O–H groups in total. The summed E-state index contributed by atoms with van der Waals surface area (Å²) in [5, 5.41) is 3.36. The van der Waals surface area contributed by atoms with Crippen LogP contribution >= 0.6 is 0 Å². The molecule has 2 heterocycles. The van der Waals surface area contributed by atoms with Gasteiger partial charge in [0.05, 0.1) is 18.8 Å². The highest BCUT2D eigenvalue weighted by Gasteiger charge is 2.18. The van der Waals surface area contributed by atoms with Crippen molar-refractivity contribution in [2.75, 3.05) is 46.4 Å². The van der Waals surface area contributed by atoms with Crippen LogP contribution in [0.25, 0.3) is 0 Å². The molecule has 0 spiro atoms. The molecule has 0 saturated carbocycles. The minimum absolute atomic E-state index is 0.364. The first-order valence-corrected chi connectivity index (χ1v) is 6.47. The highest BCUT2D eigenvalue weighted by molar-refractivity contribution is 4.72. The first-order chi connectivity index (χ1) is 7.84. The number of hydrogen-bond acceptors (Lipinski definition) is 4. The van der Waals surface area contributed by atoms with Gasteiger partial charge in [0.1, 0.15) is 0 Å². The Bertz CT molecular complexity index is 189. The molecule has 2 saturated heterocycles. The van der Waals surface area contributed by atoms with E-state index in [2.05, 4.69) is 17.3 Å². The Kier molecular flexibility index (Phi) is 5.03. The van der Waals surface area contributed by atoms with Crippen LogP contribution in [-0.2, 0) is 9.47 Å². The summed E-state index contributed by atoms with van der Waals surface area (Å²) in [5.74, 6) is 0. The highest BCUT2D eigenvalue weighted by Crippen LogP contribution is 2.15. The number of rotatable bonds is 5. The summed E-state index contributed by atoms with van der Waals surface area (Å²) in [5.41, 5.74) is 0. The average molecular weight is 228 g/mol. The van der Waals surface area contributed by atoms with E-state index < -0.39 is 0 Å². The lowest BCUT2D eigenvalue weighted by Crippen LogP contribution is -2.44. The normalized spacial score (nSPS) is 31.1. The largest absolute Gasteiger partial charge is 0.378 e. The molecular weight excluding hydrogens is 204 g/mol. The Labute approximate surface area is 98.3 Å². The smallest absolute Gasteiger partial charge is 0.0826 e. The van der Waals surface area contributed by atoms with E-state index in [1.54, 1.807) is 0 Å². The number of ether oxygens (including phenoxy) is 2. The van der Waals surface area contributed by atoms with E-state index in [4.69, 9.17) is 9.47 Å². The van der Waals surface area contributed by atoms with E-state index in [9.17, 15) is 0 Å². The number of likely N-dealkylation sites (N-methyl/N-ethyl adjacent to an activating group) is 1. The molecular formula is C12H24N2O2. The zero-order valence-electron chi connectivity index (χ0n) is 10.3. The maximum atomic E-state index is 5.68. The lowest BCUT2D eigenvalue weighted by atomic mass is 10.2. The van der Waals surface area contributed by atoms with Crippen molar-refractivity contribution in [3.8, 4) is 0 Å². The summed E-state index contributed by atoms with van der Waals surface area (Å²) in [4.78, 5) is 2.36. The second-order valence-electron chi connectivity index (χ2n) is 4.88. The molecule has 2 aliphatic rings. The van der Waals surface area contributed by atoms with Gasteiger partial charge in [-0.15, -0.1) is 0 Å². The zero-order chi connectivity index (χ0) is 11.2. The van der Waals surface area contributed by atoms with E-state index in [0.717, 1.165) is 45.8 Å². The molecule has 4 heteroatoms. The van der Waals surface area contributed by atoms with Crippen molar-refractivity contribution in [2.45, 2.75) is 31.5 Å². The molecule has 2 atom stereocenters. The second kappa shape index (κ2) is 6.55. The van der Waals surface area contributed by atoms with Gasteiger partial charge in [-0.3, -0.25) is 0 Å². The van der Waals surface area contributed by atoms with E-state index in [-0.39, 0.29) is 0 Å². The minimum atomic E-state index is 0.364. The van der Waals surface area contributed by atoms with Gasteiger partial charge in [-0.1, -0.05) is 0 Å². The van der Waals surface area contributed by atoms with Crippen LogP contribution in [0.4, 0.5) is 0 Å². The van der Waals surface area contributed by atoms with Gasteiger partial charge >= 0.3 is 0 Å². The molecule has 0 radical (unpaired) electrons. The molecule has 0 aliphatic carbocycles. The van der Waals surface area contributed by atoms with Gasteiger partial charge in [0.15, 0.2) is 0 Å². The summed E-state index contributed by atoms with van der Waals surface area (Å²) in [6.07, 6.45) is 4.52. The lowest BCUT2D eigenvalue weighted by molar-refractivity contribution is 0.00715. The number of nitrogens with zero attached hydrogens (tertiary/aromatic N) is 1. The molecule has 2 aliphatic heterocycles. The fraction of sp³-hybridized carbons (Fsp3) is 1.00. The SMILES string of the molecule is CN(CCC1CCCO1)CC1CNCCO1. The lowest BCUT2D eigenvalue weighted by Gasteiger charge is -2.28. The molecule has 0 amide bonds. The molecule has 0 bridgehead atoms. The van der Waals surface area contributed by atoms with Gasteiger partial charge < -0.3 is 19.7 Å². The molecule has 2 fully saturated rings. The number of morpholine rings is 1. The van der Waals surface area contributed by atoms with E-state index in [1.807, 2.05) is 0 Å². The first-order valence-electron chi connectivity index (χ1n) is 6.47. The Morgan fingerprint density at radius 2 is 2.12 bits per heavy atom. The van der Waals surface area contributed by atoms with Gasteiger partial charge in [-0.05, 0) is 26.3 Å². The fourth-order valence-corrected chi connectivity index (χ4v) is 2.41. The van der Waals surface area contributed by atoms with Crippen molar-refractivity contribution in [2.24, 2.45) is 0 Å². The van der Waals surface area contributed by atoms with Crippen LogP contribution in [0.1, 0.15) is 19.3 Å². The third kappa shape index (κ3) is 4.01. The fourth-order valence-electron chi connectivity index (χ4n) is 2.41. The van der Waals surface area contributed by atoms with Crippen LogP contribution in [0.5, 0.6) is 0 Å². The first kappa shape index (κ1) is 12.3. The molecule has 16 heavy (non-hydrogen) atoms. The second-order valence-corrected chi connectivity index (χ2v) is 4.88. The zero-order valence-corrected chi connectivity index (χ0v) is 10.3. The molecule has 4 nitrogen and oxygen atoms in total. The minimum Gasteiger partial charge on any atom is -0.378 e. The molecule has 2 unspecified atom stereocenters. The summed E-state index contributed by atoms with van der Waals surface area (Å²) in [6, 6.07) is 0. The van der Waals surface area contributed by atoms with E-state index in [1.165, 1.54) is 12.8 Å². The summed E-state index contributed by atoms with van der Waals surface area (Å²) >= 11 is 0. The van der Waals surface area contributed by atoms with Crippen LogP contribution in [0, 0.1) is 0 Å². The monoisotopic (exact) mass is 228 g/mol. The van der Waals surface area contributed by atoms with Crippen molar-refractivity contribution in [3.05, 3.63) is 0 Å². The van der Waals surface area contributed by atoms with Gasteiger partial charge in [-0.2, -0.15) is 0 Å². The van der Waals surface area contributed by atoms with Crippen molar-refractivity contribution >= 4 is 0 Å². The number of nitrogens with one attached hydrogen (secondary N) is 1. The Hall–Kier alpha value is -0.160. The third-order valence-electron chi connectivity index (χ3n) is 3.38. The Morgan fingerprint density at radius 3 is 2.81 bits per heavy atom. The predicted molar refractivity (Wildman–Crippen MR) is 63.7 cm³/mol. The summed E-state index contributed by atoms with van der Waals surface area (Å²) in [7, 11) is 2.17. The average Bonchev–Trinajstić information content (AvgIpc) is 2.81. The molecule has 2 rings (SSSR count). The predicted octanol–water partition coefficient (Wildman–Crippen LogP) is 0.476. The van der Waals surface area contributed by atoms with E-state index in [0.29, 0.717) is 12.2 Å². The van der Waals surface area contributed by atoms with Crippen molar-refractivity contribution < 1.29 is 9.47 Å². The topological polar surface area (TPSA) is 33.7 Å². The van der Waals surface area contributed by atoms with Gasteiger partial charge in [0, 0.05) is 32.8 Å². The van der Waals surface area contributed by atoms with Crippen molar-refractivity contribution in [1.82, 2.24) is 10.2 Å². The summed E-state index contributed by atoms with van der Waals surface area (Å²) < 4.78 is 11.3. The van der Waals surface area contributed by atoms with Gasteiger partial charge in [-0.25, -0.2) is 0 Å². The van der Waals surface area contributed by atoms with Crippen LogP contribution < -0.4 is 5.32 Å². The molecule has 94 valence electrons.